The zero-order valence-corrected chi connectivity index (χ0v) is 10.3. The highest BCUT2D eigenvalue weighted by atomic mass is 16.5. The van der Waals surface area contributed by atoms with Crippen molar-refractivity contribution in [2.75, 3.05) is 0 Å². The highest BCUT2D eigenvalue weighted by molar-refractivity contribution is 5.05. The Labute approximate surface area is 88.5 Å². The molecule has 82 valence electrons. The SMILES string of the molecule is CC1=CCC(C(C)(C)OC(C)C)CC1. The molecule has 0 aliphatic heterocycles. The standard InChI is InChI=1S/C13H24O/c1-10(2)14-13(4,5)12-8-6-11(3)7-9-12/h6,10,12H,7-9H2,1-5H3. The summed E-state index contributed by atoms with van der Waals surface area (Å²) in [5.74, 6) is 0.689. The molecule has 1 aliphatic rings. The Hall–Kier alpha value is -0.300. The van der Waals surface area contributed by atoms with Crippen molar-refractivity contribution in [1.29, 1.82) is 0 Å². The Balaban J connectivity index is 2.56. The summed E-state index contributed by atoms with van der Waals surface area (Å²) in [5.41, 5.74) is 1.58. The fraction of sp³-hybridized carbons (Fsp3) is 0.846. The summed E-state index contributed by atoms with van der Waals surface area (Å²) < 4.78 is 5.98. The molecule has 0 fully saturated rings. The Kier molecular flexibility index (Phi) is 3.77. The van der Waals surface area contributed by atoms with Crippen LogP contribution in [0.1, 0.15) is 53.9 Å². The van der Waals surface area contributed by atoms with Crippen molar-refractivity contribution in [2.45, 2.75) is 65.6 Å². The topological polar surface area (TPSA) is 9.23 Å². The first-order valence-corrected chi connectivity index (χ1v) is 5.75. The number of ether oxygens (including phenoxy) is 1. The zero-order valence-electron chi connectivity index (χ0n) is 10.3. The highest BCUT2D eigenvalue weighted by Crippen LogP contribution is 2.34. The molecule has 0 amide bonds. The molecule has 0 bridgehead atoms. The van der Waals surface area contributed by atoms with E-state index in [1.54, 1.807) is 5.57 Å². The molecule has 14 heavy (non-hydrogen) atoms. The van der Waals surface area contributed by atoms with Gasteiger partial charge in [0.1, 0.15) is 0 Å². The lowest BCUT2D eigenvalue weighted by molar-refractivity contribution is -0.0942. The smallest absolute Gasteiger partial charge is 0.0661 e. The molecule has 1 heteroatoms. The van der Waals surface area contributed by atoms with Gasteiger partial charge in [0.05, 0.1) is 11.7 Å². The second-order valence-corrected chi connectivity index (χ2v) is 5.29. The average molecular weight is 196 g/mol. The lowest BCUT2D eigenvalue weighted by atomic mass is 9.79. The van der Waals surface area contributed by atoms with Crippen molar-refractivity contribution in [1.82, 2.24) is 0 Å². The summed E-state index contributed by atoms with van der Waals surface area (Å²) in [7, 11) is 0. The van der Waals surface area contributed by atoms with Crippen LogP contribution < -0.4 is 0 Å². The van der Waals surface area contributed by atoms with Crippen LogP contribution in [0.3, 0.4) is 0 Å². The van der Waals surface area contributed by atoms with Crippen LogP contribution in [0.25, 0.3) is 0 Å². The molecule has 0 saturated carbocycles. The van der Waals surface area contributed by atoms with Gasteiger partial charge in [-0.15, -0.1) is 0 Å². The van der Waals surface area contributed by atoms with E-state index in [0.717, 1.165) is 0 Å². The summed E-state index contributed by atoms with van der Waals surface area (Å²) >= 11 is 0. The van der Waals surface area contributed by atoms with E-state index >= 15 is 0 Å². The minimum atomic E-state index is 0.0331. The summed E-state index contributed by atoms with van der Waals surface area (Å²) in [4.78, 5) is 0. The Morgan fingerprint density at radius 2 is 2.07 bits per heavy atom. The largest absolute Gasteiger partial charge is 0.373 e. The first kappa shape index (κ1) is 11.8. The molecule has 1 unspecified atom stereocenters. The van der Waals surface area contributed by atoms with Gasteiger partial charge in [0.25, 0.3) is 0 Å². The van der Waals surface area contributed by atoms with Gasteiger partial charge in [-0.3, -0.25) is 0 Å². The molecule has 0 spiro atoms. The Morgan fingerprint density at radius 1 is 1.43 bits per heavy atom. The van der Waals surface area contributed by atoms with Gasteiger partial charge in [0, 0.05) is 0 Å². The number of hydrogen-bond donors (Lipinski definition) is 0. The molecule has 1 nitrogen and oxygen atoms in total. The fourth-order valence-electron chi connectivity index (χ4n) is 2.30. The molecule has 1 rings (SSSR count). The highest BCUT2D eigenvalue weighted by Gasteiger charge is 2.31. The van der Waals surface area contributed by atoms with E-state index < -0.39 is 0 Å². The minimum absolute atomic E-state index is 0.0331. The number of allylic oxidation sites excluding steroid dienone is 2. The van der Waals surface area contributed by atoms with E-state index in [1.165, 1.54) is 19.3 Å². The molecule has 0 aromatic rings. The van der Waals surface area contributed by atoms with Crippen LogP contribution in [-0.2, 0) is 4.74 Å². The third-order valence-electron chi connectivity index (χ3n) is 3.16. The Bertz CT molecular complexity index is 213. The van der Waals surface area contributed by atoms with Crippen LogP contribution >= 0.6 is 0 Å². The number of hydrogen-bond acceptors (Lipinski definition) is 1. The van der Waals surface area contributed by atoms with Crippen LogP contribution in [0.4, 0.5) is 0 Å². The van der Waals surface area contributed by atoms with Gasteiger partial charge in [0.15, 0.2) is 0 Å². The van der Waals surface area contributed by atoms with Crippen molar-refractivity contribution < 1.29 is 4.74 Å². The molecule has 0 heterocycles. The van der Waals surface area contributed by atoms with E-state index in [1.807, 2.05) is 0 Å². The molecule has 0 aromatic carbocycles. The van der Waals surface area contributed by atoms with E-state index in [9.17, 15) is 0 Å². The van der Waals surface area contributed by atoms with E-state index in [0.29, 0.717) is 12.0 Å². The maximum Gasteiger partial charge on any atom is 0.0661 e. The van der Waals surface area contributed by atoms with Crippen LogP contribution in [-0.4, -0.2) is 11.7 Å². The molecule has 0 radical (unpaired) electrons. The molecule has 0 N–H and O–H groups in total. The van der Waals surface area contributed by atoms with E-state index in [-0.39, 0.29) is 5.60 Å². The van der Waals surface area contributed by atoms with Gasteiger partial charge in [-0.05, 0) is 59.8 Å². The summed E-state index contributed by atoms with van der Waals surface area (Å²) in [6, 6.07) is 0. The number of rotatable bonds is 3. The van der Waals surface area contributed by atoms with Crippen LogP contribution in [0.5, 0.6) is 0 Å². The first-order chi connectivity index (χ1) is 6.42. The zero-order chi connectivity index (χ0) is 10.8. The van der Waals surface area contributed by atoms with E-state index in [2.05, 4.69) is 40.7 Å². The summed E-state index contributed by atoms with van der Waals surface area (Å²) in [6.07, 6.45) is 6.42. The van der Waals surface area contributed by atoms with Crippen LogP contribution in [0, 0.1) is 5.92 Å². The van der Waals surface area contributed by atoms with Crippen molar-refractivity contribution >= 4 is 0 Å². The fourth-order valence-corrected chi connectivity index (χ4v) is 2.30. The molecule has 1 atom stereocenters. The van der Waals surface area contributed by atoms with Gasteiger partial charge in [-0.1, -0.05) is 11.6 Å². The lowest BCUT2D eigenvalue weighted by Crippen LogP contribution is -2.37. The quantitative estimate of drug-likeness (QED) is 0.621. The third kappa shape index (κ3) is 3.13. The Morgan fingerprint density at radius 3 is 2.50 bits per heavy atom. The molecule has 0 aromatic heterocycles. The van der Waals surface area contributed by atoms with Crippen molar-refractivity contribution in [3.05, 3.63) is 11.6 Å². The normalized spacial score (nSPS) is 23.9. The van der Waals surface area contributed by atoms with Crippen molar-refractivity contribution in [3.8, 4) is 0 Å². The van der Waals surface area contributed by atoms with Gasteiger partial charge >= 0.3 is 0 Å². The molecular formula is C13H24O. The monoisotopic (exact) mass is 196 g/mol. The predicted octanol–water partition coefficient (Wildman–Crippen LogP) is 3.94. The molecule has 0 saturated heterocycles. The van der Waals surface area contributed by atoms with Gasteiger partial charge in [-0.25, -0.2) is 0 Å². The average Bonchev–Trinajstić information content (AvgIpc) is 2.02. The first-order valence-electron chi connectivity index (χ1n) is 5.75. The molecule has 1 aliphatic carbocycles. The van der Waals surface area contributed by atoms with Gasteiger partial charge < -0.3 is 4.74 Å². The summed E-state index contributed by atoms with van der Waals surface area (Å²) in [5, 5.41) is 0. The lowest BCUT2D eigenvalue weighted by Gasteiger charge is -2.37. The maximum atomic E-state index is 5.98. The maximum absolute atomic E-state index is 5.98. The van der Waals surface area contributed by atoms with Gasteiger partial charge in [0.2, 0.25) is 0 Å². The second-order valence-electron chi connectivity index (χ2n) is 5.29. The third-order valence-corrected chi connectivity index (χ3v) is 3.16. The second kappa shape index (κ2) is 4.48. The molecular weight excluding hydrogens is 172 g/mol. The van der Waals surface area contributed by atoms with Crippen molar-refractivity contribution in [3.63, 3.8) is 0 Å². The van der Waals surface area contributed by atoms with Crippen LogP contribution in [0.15, 0.2) is 11.6 Å². The van der Waals surface area contributed by atoms with Gasteiger partial charge in [-0.2, -0.15) is 0 Å². The van der Waals surface area contributed by atoms with Crippen LogP contribution in [0.2, 0.25) is 0 Å². The van der Waals surface area contributed by atoms with Crippen molar-refractivity contribution in [2.24, 2.45) is 5.92 Å². The predicted molar refractivity (Wildman–Crippen MR) is 61.4 cm³/mol. The summed E-state index contributed by atoms with van der Waals surface area (Å²) in [6.45, 7) is 10.9. The minimum Gasteiger partial charge on any atom is -0.373 e. The van der Waals surface area contributed by atoms with E-state index in [4.69, 9.17) is 4.74 Å².